The van der Waals surface area contributed by atoms with Crippen LogP contribution >= 0.6 is 23.2 Å². The first-order chi connectivity index (χ1) is 11.3. The predicted octanol–water partition coefficient (Wildman–Crippen LogP) is 3.15. The van der Waals surface area contributed by atoms with E-state index in [0.29, 0.717) is 30.2 Å². The summed E-state index contributed by atoms with van der Waals surface area (Å²) in [7, 11) is 0. The fourth-order valence-corrected chi connectivity index (χ4v) is 2.48. The van der Waals surface area contributed by atoms with Crippen molar-refractivity contribution in [3.63, 3.8) is 0 Å². The summed E-state index contributed by atoms with van der Waals surface area (Å²) in [5.74, 6) is -0.326. The number of nitrogens with one attached hydrogen (secondary N) is 1. The van der Waals surface area contributed by atoms with Crippen LogP contribution in [0.5, 0.6) is 0 Å². The predicted molar refractivity (Wildman–Crippen MR) is 86.5 cm³/mol. The first-order valence-corrected chi connectivity index (χ1v) is 8.02. The fraction of sp³-hybridized carbons (Fsp3) is 0.500. The SMILES string of the molecule is Cc1nn(CCCNC(=O)Cn2nc(C(F)F)c(Cl)c2C)cc1Cl. The molecule has 10 heteroatoms. The number of aryl methyl sites for hydroxylation is 2. The highest BCUT2D eigenvalue weighted by Crippen LogP contribution is 2.28. The molecular formula is C14H17Cl2F2N5O. The molecule has 2 aromatic rings. The van der Waals surface area contributed by atoms with Crippen molar-refractivity contribution in [3.05, 3.63) is 33.3 Å². The molecule has 132 valence electrons. The van der Waals surface area contributed by atoms with Gasteiger partial charge in [-0.05, 0) is 20.3 Å². The molecule has 2 rings (SSSR count). The molecule has 0 atom stereocenters. The van der Waals surface area contributed by atoms with E-state index >= 15 is 0 Å². The lowest BCUT2D eigenvalue weighted by Gasteiger charge is -2.07. The van der Waals surface area contributed by atoms with E-state index in [2.05, 4.69) is 15.5 Å². The van der Waals surface area contributed by atoms with Crippen molar-refractivity contribution in [3.8, 4) is 0 Å². The summed E-state index contributed by atoms with van der Waals surface area (Å²) in [6.45, 7) is 4.22. The van der Waals surface area contributed by atoms with E-state index in [-0.39, 0.29) is 17.5 Å². The standard InChI is InChI=1S/C14H17Cl2F2N5O/c1-8-10(15)6-22(20-8)5-3-4-19-11(24)7-23-9(2)12(16)13(21-23)14(17)18/h6,14H,3-5,7H2,1-2H3,(H,19,24). The minimum absolute atomic E-state index is 0.108. The van der Waals surface area contributed by atoms with Crippen molar-refractivity contribution in [2.75, 3.05) is 6.54 Å². The number of carbonyl (C=O) groups is 1. The van der Waals surface area contributed by atoms with E-state index in [1.165, 1.54) is 11.6 Å². The van der Waals surface area contributed by atoms with Crippen LogP contribution in [0.4, 0.5) is 8.78 Å². The van der Waals surface area contributed by atoms with Gasteiger partial charge in [0.1, 0.15) is 12.2 Å². The Kier molecular flexibility index (Phi) is 6.17. The monoisotopic (exact) mass is 379 g/mol. The number of alkyl halides is 2. The van der Waals surface area contributed by atoms with Gasteiger partial charge in [0, 0.05) is 19.3 Å². The van der Waals surface area contributed by atoms with Gasteiger partial charge in [-0.3, -0.25) is 14.2 Å². The molecule has 0 spiro atoms. The molecule has 0 aliphatic rings. The smallest absolute Gasteiger partial charge is 0.283 e. The number of hydrogen-bond donors (Lipinski definition) is 1. The summed E-state index contributed by atoms with van der Waals surface area (Å²) < 4.78 is 28.3. The number of carbonyl (C=O) groups excluding carboxylic acids is 1. The van der Waals surface area contributed by atoms with Gasteiger partial charge < -0.3 is 5.32 Å². The maximum Gasteiger partial charge on any atom is 0.283 e. The van der Waals surface area contributed by atoms with Gasteiger partial charge in [0.25, 0.3) is 6.43 Å². The number of nitrogens with zero attached hydrogens (tertiary/aromatic N) is 4. The highest BCUT2D eigenvalue weighted by molar-refractivity contribution is 6.32. The first kappa shape index (κ1) is 18.7. The van der Waals surface area contributed by atoms with Gasteiger partial charge in [0.15, 0.2) is 0 Å². The molecule has 6 nitrogen and oxygen atoms in total. The van der Waals surface area contributed by atoms with Crippen molar-refractivity contribution >= 4 is 29.1 Å². The van der Waals surface area contributed by atoms with Gasteiger partial charge in [-0.2, -0.15) is 10.2 Å². The highest BCUT2D eigenvalue weighted by atomic mass is 35.5. The van der Waals surface area contributed by atoms with Crippen LogP contribution in [-0.4, -0.2) is 32.0 Å². The third-order valence-electron chi connectivity index (χ3n) is 3.43. The molecule has 1 N–H and O–H groups in total. The molecule has 1 amide bonds. The molecule has 0 radical (unpaired) electrons. The molecule has 0 saturated heterocycles. The van der Waals surface area contributed by atoms with Crippen LogP contribution in [0.2, 0.25) is 10.0 Å². The second-order valence-corrected chi connectivity index (χ2v) is 6.06. The molecular weight excluding hydrogens is 363 g/mol. The average molecular weight is 380 g/mol. The van der Waals surface area contributed by atoms with Gasteiger partial charge in [-0.1, -0.05) is 23.2 Å². The molecule has 0 fully saturated rings. The zero-order valence-electron chi connectivity index (χ0n) is 13.2. The lowest BCUT2D eigenvalue weighted by atomic mass is 10.3. The Morgan fingerprint density at radius 2 is 2.04 bits per heavy atom. The summed E-state index contributed by atoms with van der Waals surface area (Å²) in [5.41, 5.74) is 0.582. The van der Waals surface area contributed by atoms with E-state index in [1.54, 1.807) is 10.9 Å². The van der Waals surface area contributed by atoms with Crippen LogP contribution in [0, 0.1) is 13.8 Å². The third kappa shape index (κ3) is 4.45. The van der Waals surface area contributed by atoms with Gasteiger partial charge in [0.05, 0.1) is 21.4 Å². The van der Waals surface area contributed by atoms with Crippen molar-refractivity contribution in [2.45, 2.75) is 39.8 Å². The van der Waals surface area contributed by atoms with E-state index in [0.717, 1.165) is 5.69 Å². The quantitative estimate of drug-likeness (QED) is 0.751. The Hall–Kier alpha value is -1.67. The molecule has 0 aromatic carbocycles. The summed E-state index contributed by atoms with van der Waals surface area (Å²) in [4.78, 5) is 11.9. The molecule has 0 saturated carbocycles. The van der Waals surface area contributed by atoms with Gasteiger partial charge in [-0.15, -0.1) is 0 Å². The first-order valence-electron chi connectivity index (χ1n) is 7.26. The van der Waals surface area contributed by atoms with Crippen LogP contribution < -0.4 is 5.32 Å². The topological polar surface area (TPSA) is 64.7 Å². The molecule has 2 heterocycles. The van der Waals surface area contributed by atoms with Crippen molar-refractivity contribution in [2.24, 2.45) is 0 Å². The van der Waals surface area contributed by atoms with Crippen molar-refractivity contribution in [1.29, 1.82) is 0 Å². The van der Waals surface area contributed by atoms with Crippen LogP contribution in [0.15, 0.2) is 6.20 Å². The van der Waals surface area contributed by atoms with E-state index in [9.17, 15) is 13.6 Å². The lowest BCUT2D eigenvalue weighted by molar-refractivity contribution is -0.121. The number of hydrogen-bond acceptors (Lipinski definition) is 3. The van der Waals surface area contributed by atoms with E-state index in [1.807, 2.05) is 6.92 Å². The van der Waals surface area contributed by atoms with Crippen LogP contribution in [0.25, 0.3) is 0 Å². The Labute approximate surface area is 147 Å². The van der Waals surface area contributed by atoms with Gasteiger partial charge in [0.2, 0.25) is 5.91 Å². The summed E-state index contributed by atoms with van der Waals surface area (Å²) >= 11 is 11.7. The zero-order chi connectivity index (χ0) is 17.9. The third-order valence-corrected chi connectivity index (χ3v) is 4.27. The second kappa shape index (κ2) is 7.94. The van der Waals surface area contributed by atoms with Crippen molar-refractivity contribution in [1.82, 2.24) is 24.9 Å². The molecule has 0 bridgehead atoms. The molecule has 0 unspecified atom stereocenters. The average Bonchev–Trinajstić information content (AvgIpc) is 2.98. The van der Waals surface area contributed by atoms with E-state index < -0.39 is 12.1 Å². The maximum absolute atomic E-state index is 12.7. The fourth-order valence-electron chi connectivity index (χ4n) is 2.11. The summed E-state index contributed by atoms with van der Waals surface area (Å²) in [6, 6.07) is 0. The highest BCUT2D eigenvalue weighted by Gasteiger charge is 2.21. The number of rotatable bonds is 7. The number of amides is 1. The second-order valence-electron chi connectivity index (χ2n) is 5.27. The summed E-state index contributed by atoms with van der Waals surface area (Å²) in [5, 5.41) is 11.1. The Morgan fingerprint density at radius 3 is 2.58 bits per heavy atom. The molecule has 0 aliphatic heterocycles. The molecule has 24 heavy (non-hydrogen) atoms. The van der Waals surface area contributed by atoms with Gasteiger partial charge in [-0.25, -0.2) is 8.78 Å². The minimum atomic E-state index is -2.77. The lowest BCUT2D eigenvalue weighted by Crippen LogP contribution is -2.29. The molecule has 0 aliphatic carbocycles. The van der Waals surface area contributed by atoms with Crippen LogP contribution in [0.1, 0.15) is 29.9 Å². The van der Waals surface area contributed by atoms with Crippen molar-refractivity contribution < 1.29 is 13.6 Å². The maximum atomic E-state index is 12.7. The molecule has 2 aromatic heterocycles. The largest absolute Gasteiger partial charge is 0.354 e. The Balaban J connectivity index is 1.80. The normalized spacial score (nSPS) is 11.3. The van der Waals surface area contributed by atoms with Crippen LogP contribution in [0.3, 0.4) is 0 Å². The summed E-state index contributed by atoms with van der Waals surface area (Å²) in [6.07, 6.45) is -0.394. The number of halogens is 4. The van der Waals surface area contributed by atoms with E-state index in [4.69, 9.17) is 23.2 Å². The Bertz CT molecular complexity index is 710. The minimum Gasteiger partial charge on any atom is -0.354 e. The van der Waals surface area contributed by atoms with Crippen LogP contribution in [-0.2, 0) is 17.9 Å². The number of aromatic nitrogens is 4. The zero-order valence-corrected chi connectivity index (χ0v) is 14.7. The Morgan fingerprint density at radius 1 is 1.33 bits per heavy atom. The van der Waals surface area contributed by atoms with Gasteiger partial charge >= 0.3 is 0 Å².